The summed E-state index contributed by atoms with van der Waals surface area (Å²) in [5.74, 6) is 1.72. The summed E-state index contributed by atoms with van der Waals surface area (Å²) in [6, 6.07) is 109. The molecule has 0 unspecified atom stereocenters. The van der Waals surface area contributed by atoms with Gasteiger partial charge >= 0.3 is 0 Å². The summed E-state index contributed by atoms with van der Waals surface area (Å²) in [5, 5.41) is 9.39. The lowest BCUT2D eigenvalue weighted by molar-refractivity contribution is 0.488. The van der Waals surface area contributed by atoms with Gasteiger partial charge in [0, 0.05) is 77.8 Å². The number of rotatable bonds is 9. The van der Waals surface area contributed by atoms with Crippen molar-refractivity contribution in [1.82, 2.24) is 9.13 Å². The highest BCUT2D eigenvalue weighted by Gasteiger charge is 2.44. The molecule has 0 saturated carbocycles. The van der Waals surface area contributed by atoms with E-state index in [1.54, 1.807) is 0 Å². The number of aryl methyl sites for hydroxylation is 3. The number of aromatic nitrogens is 2. The molecule has 0 saturated heterocycles. The molecule has 2 aliphatic rings. The molecule has 6 nitrogen and oxygen atoms in total. The standard InChI is InChI=1S/C83H58BN5O/c1-53-45-54(2)83(55(3)46-53)89-70-43-26-44-78-82(70)84(68-49-71-66(47-75(68)89)80-64-41-24-22-39-62(64)73(51-76(80)87(71)60-35-18-8-19-36-60)85(56-27-10-4-11-28-56)57-29-12-5-13-30-57)69-50-72-67(48-79(69)90-78)81-65-42-25-23-40-63(65)74(52-77(81)88(72)61-37-20-9-21-38-61)86(58-31-14-6-15-32-58)59-33-16-7-17-34-59/h4-52H,1-3H3. The van der Waals surface area contributed by atoms with Gasteiger partial charge in [-0.1, -0.05) is 181 Å². The van der Waals surface area contributed by atoms with Crippen LogP contribution in [0.5, 0.6) is 11.5 Å². The second-order valence-corrected chi connectivity index (χ2v) is 24.2. The largest absolute Gasteiger partial charge is 0.458 e. The topological polar surface area (TPSA) is 28.8 Å². The van der Waals surface area contributed by atoms with Crippen molar-refractivity contribution < 1.29 is 4.74 Å². The third kappa shape index (κ3) is 7.79. The first-order valence-corrected chi connectivity index (χ1v) is 31.1. The molecular weight excluding hydrogens is 1090 g/mol. The fourth-order valence-electron chi connectivity index (χ4n) is 15.4. The van der Waals surface area contributed by atoms with E-state index < -0.39 is 0 Å². The normalized spacial score (nSPS) is 12.4. The quantitative estimate of drug-likeness (QED) is 0.135. The Balaban J connectivity index is 0.962. The van der Waals surface area contributed by atoms with E-state index in [1.807, 2.05) is 0 Å². The fourth-order valence-corrected chi connectivity index (χ4v) is 15.4. The summed E-state index contributed by atoms with van der Waals surface area (Å²) in [6.45, 7) is 6.53. The van der Waals surface area contributed by atoms with Gasteiger partial charge in [0.1, 0.15) is 11.5 Å². The maximum absolute atomic E-state index is 7.50. The van der Waals surface area contributed by atoms with E-state index in [2.05, 4.69) is 342 Å². The molecule has 4 heterocycles. The van der Waals surface area contributed by atoms with Crippen LogP contribution in [-0.4, -0.2) is 15.8 Å². The lowest BCUT2D eigenvalue weighted by Crippen LogP contribution is -2.59. The van der Waals surface area contributed by atoms with Crippen molar-refractivity contribution in [1.29, 1.82) is 0 Å². The van der Waals surface area contributed by atoms with Crippen LogP contribution in [0.3, 0.4) is 0 Å². The Labute approximate surface area is 522 Å². The van der Waals surface area contributed by atoms with Crippen LogP contribution in [0.2, 0.25) is 0 Å². The zero-order valence-corrected chi connectivity index (χ0v) is 50.0. The molecule has 16 aromatic rings. The van der Waals surface area contributed by atoms with Crippen LogP contribution in [0.1, 0.15) is 16.7 Å². The summed E-state index contributed by atoms with van der Waals surface area (Å²) in [6.07, 6.45) is 0. The minimum atomic E-state index is -0.228. The Morgan fingerprint density at radius 1 is 0.322 bits per heavy atom. The minimum absolute atomic E-state index is 0.228. The highest BCUT2D eigenvalue weighted by atomic mass is 16.5. The summed E-state index contributed by atoms with van der Waals surface area (Å²) >= 11 is 0. The average Bonchev–Trinajstić information content (AvgIpc) is 1.33. The van der Waals surface area contributed by atoms with Crippen LogP contribution >= 0.6 is 0 Å². The Kier molecular flexibility index (Phi) is 11.6. The lowest BCUT2D eigenvalue weighted by atomic mass is 9.34. The van der Waals surface area contributed by atoms with Gasteiger partial charge in [-0.25, -0.2) is 0 Å². The predicted molar refractivity (Wildman–Crippen MR) is 380 cm³/mol. The summed E-state index contributed by atoms with van der Waals surface area (Å²) in [4.78, 5) is 7.39. The van der Waals surface area contributed by atoms with Crippen molar-refractivity contribution in [3.05, 3.63) is 314 Å². The number of benzene rings is 14. The van der Waals surface area contributed by atoms with E-state index in [0.29, 0.717) is 0 Å². The van der Waals surface area contributed by atoms with E-state index in [-0.39, 0.29) is 6.71 Å². The Hall–Kier alpha value is -11.5. The Morgan fingerprint density at radius 2 is 0.733 bits per heavy atom. The van der Waals surface area contributed by atoms with Crippen molar-refractivity contribution in [2.75, 3.05) is 14.7 Å². The second-order valence-electron chi connectivity index (χ2n) is 24.2. The molecule has 2 aliphatic heterocycles. The highest BCUT2D eigenvalue weighted by molar-refractivity contribution is 6.99. The first-order chi connectivity index (χ1) is 44.4. The molecule has 7 heteroatoms. The molecule has 0 bridgehead atoms. The number of ether oxygens (including phenoxy) is 1. The van der Waals surface area contributed by atoms with E-state index >= 15 is 0 Å². The van der Waals surface area contributed by atoms with Crippen molar-refractivity contribution in [2.24, 2.45) is 0 Å². The van der Waals surface area contributed by atoms with E-state index in [1.165, 1.54) is 60.2 Å². The van der Waals surface area contributed by atoms with Crippen LogP contribution in [0, 0.1) is 20.8 Å². The van der Waals surface area contributed by atoms with Gasteiger partial charge in [0.25, 0.3) is 6.71 Å². The van der Waals surface area contributed by atoms with Crippen molar-refractivity contribution in [3.63, 3.8) is 0 Å². The van der Waals surface area contributed by atoms with Gasteiger partial charge in [-0.3, -0.25) is 0 Å². The molecule has 18 rings (SSSR count). The molecule has 2 aromatic heterocycles. The number of fused-ring (bicyclic) bond motifs is 14. The van der Waals surface area contributed by atoms with Gasteiger partial charge in [0.05, 0.1) is 39.1 Å². The van der Waals surface area contributed by atoms with Crippen molar-refractivity contribution in [3.8, 4) is 22.9 Å². The van der Waals surface area contributed by atoms with Crippen LogP contribution in [0.25, 0.3) is 76.5 Å². The molecule has 424 valence electrons. The predicted octanol–water partition coefficient (Wildman–Crippen LogP) is 20.5. The Morgan fingerprint density at radius 3 is 1.20 bits per heavy atom. The maximum Gasteiger partial charge on any atom is 0.256 e. The Bertz CT molecular complexity index is 5450. The summed E-state index contributed by atoms with van der Waals surface area (Å²) < 4.78 is 12.5. The molecule has 0 fully saturated rings. The second kappa shape index (κ2) is 20.3. The third-order valence-electron chi connectivity index (χ3n) is 18.9. The van der Waals surface area contributed by atoms with Gasteiger partial charge in [-0.15, -0.1) is 0 Å². The van der Waals surface area contributed by atoms with E-state index in [9.17, 15) is 0 Å². The summed E-state index contributed by atoms with van der Waals surface area (Å²) in [7, 11) is 0. The molecule has 0 N–H and O–H groups in total. The average molecular weight is 1150 g/mol. The highest BCUT2D eigenvalue weighted by Crippen LogP contribution is 2.51. The molecule has 0 atom stereocenters. The molecule has 90 heavy (non-hydrogen) atoms. The zero-order chi connectivity index (χ0) is 59.7. The number of anilines is 9. The van der Waals surface area contributed by atoms with Crippen molar-refractivity contribution >= 4 is 139 Å². The monoisotopic (exact) mass is 1150 g/mol. The molecular formula is C83H58BN5O. The van der Waals surface area contributed by atoms with E-state index in [0.717, 1.165) is 112 Å². The molecule has 0 spiro atoms. The SMILES string of the molecule is Cc1cc(C)c(N2c3cc4c5c6ccccc6c(N(c6ccccc6)c6ccccc6)cc5n(-c5ccccc5)c4cc3B3c4cc5c(cc4Oc4cccc2c43)c2c3ccccc3c(N(c3ccccc3)c3ccccc3)cc2n5-c2ccccc2)c(C)c1. The summed E-state index contributed by atoms with van der Waals surface area (Å²) in [5.41, 5.74) is 23.8. The van der Waals surface area contributed by atoms with Crippen LogP contribution in [0.4, 0.5) is 51.2 Å². The van der Waals surface area contributed by atoms with Gasteiger partial charge < -0.3 is 28.6 Å². The lowest BCUT2D eigenvalue weighted by Gasteiger charge is -2.41. The minimum Gasteiger partial charge on any atom is -0.458 e. The molecule has 0 aliphatic carbocycles. The smallest absolute Gasteiger partial charge is 0.256 e. The van der Waals surface area contributed by atoms with Gasteiger partial charge in [-0.2, -0.15) is 0 Å². The first-order valence-electron chi connectivity index (χ1n) is 31.1. The van der Waals surface area contributed by atoms with Crippen LogP contribution < -0.4 is 35.8 Å². The number of nitrogens with zero attached hydrogens (tertiary/aromatic N) is 5. The van der Waals surface area contributed by atoms with Crippen molar-refractivity contribution in [2.45, 2.75) is 20.8 Å². The van der Waals surface area contributed by atoms with Gasteiger partial charge in [0.2, 0.25) is 0 Å². The molecule has 14 aromatic carbocycles. The number of hydrogen-bond donors (Lipinski definition) is 0. The first kappa shape index (κ1) is 51.7. The molecule has 0 amide bonds. The maximum atomic E-state index is 7.50. The molecule has 0 radical (unpaired) electrons. The van der Waals surface area contributed by atoms with Gasteiger partial charge in [0.15, 0.2) is 0 Å². The zero-order valence-electron chi connectivity index (χ0n) is 50.0. The third-order valence-corrected chi connectivity index (χ3v) is 18.9. The number of hydrogen-bond acceptors (Lipinski definition) is 4. The van der Waals surface area contributed by atoms with E-state index in [4.69, 9.17) is 4.74 Å². The fraction of sp³-hybridized carbons (Fsp3) is 0.0361. The van der Waals surface area contributed by atoms with Gasteiger partial charge in [-0.05, 0) is 180 Å². The van der Waals surface area contributed by atoms with Crippen LogP contribution in [0.15, 0.2) is 297 Å². The van der Waals surface area contributed by atoms with Crippen LogP contribution in [-0.2, 0) is 0 Å². The number of para-hydroxylation sites is 6.